The van der Waals surface area contributed by atoms with Crippen molar-refractivity contribution in [2.24, 2.45) is 0 Å². The molecule has 0 saturated heterocycles. The van der Waals surface area contributed by atoms with Crippen LogP contribution in [0.4, 0.5) is 0 Å². The summed E-state index contributed by atoms with van der Waals surface area (Å²) in [5.41, 5.74) is 2.57. The van der Waals surface area contributed by atoms with E-state index in [4.69, 9.17) is 0 Å². The minimum Gasteiger partial charge on any atom is -0.330 e. The van der Waals surface area contributed by atoms with E-state index in [2.05, 4.69) is 28.3 Å². The number of aryl methyl sites for hydroxylation is 1. The van der Waals surface area contributed by atoms with Gasteiger partial charge < -0.3 is 4.90 Å². The Labute approximate surface area is 122 Å². The Bertz CT molecular complexity index is 620. The predicted molar refractivity (Wildman–Crippen MR) is 78.9 cm³/mol. The molecule has 0 aromatic carbocycles. The molecule has 1 amide bonds. The van der Waals surface area contributed by atoms with Crippen LogP contribution in [-0.4, -0.2) is 27.3 Å². The van der Waals surface area contributed by atoms with Crippen LogP contribution in [0.2, 0.25) is 0 Å². The largest absolute Gasteiger partial charge is 0.330 e. The van der Waals surface area contributed by atoms with E-state index in [1.165, 1.54) is 10.4 Å². The lowest BCUT2D eigenvalue weighted by molar-refractivity contribution is 0.0651. The summed E-state index contributed by atoms with van der Waals surface area (Å²) in [7, 11) is 0. The molecule has 3 rings (SSSR count). The first-order valence-electron chi connectivity index (χ1n) is 6.86. The smallest absolute Gasteiger partial charge is 0.274 e. The molecule has 104 valence electrons. The molecule has 0 bridgehead atoms. The van der Waals surface area contributed by atoms with E-state index in [1.807, 2.05) is 11.8 Å². The summed E-state index contributed by atoms with van der Waals surface area (Å²) in [6, 6.07) is 2.31. The molecule has 0 saturated carbocycles. The van der Waals surface area contributed by atoms with Crippen LogP contribution in [-0.2, 0) is 6.42 Å². The molecule has 0 fully saturated rings. The van der Waals surface area contributed by atoms with Gasteiger partial charge in [0.25, 0.3) is 5.91 Å². The summed E-state index contributed by atoms with van der Waals surface area (Å²) in [5.74, 6) is -0.0128. The van der Waals surface area contributed by atoms with E-state index in [-0.39, 0.29) is 11.9 Å². The summed E-state index contributed by atoms with van der Waals surface area (Å²) in [4.78, 5) is 24.4. The van der Waals surface area contributed by atoms with E-state index in [0.717, 1.165) is 25.1 Å². The van der Waals surface area contributed by atoms with Gasteiger partial charge in [-0.3, -0.25) is 9.78 Å². The molecule has 1 aliphatic rings. The first-order valence-corrected chi connectivity index (χ1v) is 7.74. The van der Waals surface area contributed by atoms with Gasteiger partial charge in [0.05, 0.1) is 17.9 Å². The standard InChI is InChI=1S/C15H17N3OS/c1-3-13-11-5-7-20-14(11)4-6-18(13)15(19)12-9-16-10(2)8-17-12/h5,7-9,13H,3-4,6H2,1-2H3. The maximum Gasteiger partial charge on any atom is 0.274 e. The molecule has 20 heavy (non-hydrogen) atoms. The molecule has 2 aromatic heterocycles. The maximum atomic E-state index is 12.6. The molecular formula is C15H17N3OS. The fourth-order valence-electron chi connectivity index (χ4n) is 2.73. The van der Waals surface area contributed by atoms with Crippen molar-refractivity contribution in [1.29, 1.82) is 0 Å². The number of hydrogen-bond acceptors (Lipinski definition) is 4. The topological polar surface area (TPSA) is 46.1 Å². The third-order valence-corrected chi connectivity index (χ3v) is 4.74. The number of carbonyl (C=O) groups excluding carboxylic acids is 1. The highest BCUT2D eigenvalue weighted by molar-refractivity contribution is 7.10. The minimum absolute atomic E-state index is 0.0128. The van der Waals surface area contributed by atoms with Crippen LogP contribution in [0, 0.1) is 6.92 Å². The zero-order chi connectivity index (χ0) is 14.1. The average Bonchev–Trinajstić information content (AvgIpc) is 2.94. The maximum absolute atomic E-state index is 12.6. The molecular weight excluding hydrogens is 270 g/mol. The van der Waals surface area contributed by atoms with Crippen LogP contribution in [0.15, 0.2) is 23.8 Å². The van der Waals surface area contributed by atoms with Crippen LogP contribution >= 0.6 is 11.3 Å². The number of aromatic nitrogens is 2. The zero-order valence-electron chi connectivity index (χ0n) is 11.7. The Morgan fingerprint density at radius 2 is 2.30 bits per heavy atom. The van der Waals surface area contributed by atoms with E-state index >= 15 is 0 Å². The fourth-order valence-corrected chi connectivity index (χ4v) is 3.66. The van der Waals surface area contributed by atoms with Gasteiger partial charge in [-0.05, 0) is 36.8 Å². The van der Waals surface area contributed by atoms with Crippen molar-refractivity contribution in [2.75, 3.05) is 6.54 Å². The molecule has 1 atom stereocenters. The second kappa shape index (κ2) is 5.32. The van der Waals surface area contributed by atoms with Crippen LogP contribution in [0.1, 0.15) is 46.0 Å². The molecule has 4 nitrogen and oxygen atoms in total. The number of hydrogen-bond donors (Lipinski definition) is 0. The lowest BCUT2D eigenvalue weighted by Gasteiger charge is -2.35. The monoisotopic (exact) mass is 287 g/mol. The molecule has 0 radical (unpaired) electrons. The SMILES string of the molecule is CCC1c2ccsc2CCN1C(=O)c1cnc(C)cn1. The van der Waals surface area contributed by atoms with Crippen molar-refractivity contribution in [3.8, 4) is 0 Å². The molecule has 1 unspecified atom stereocenters. The zero-order valence-corrected chi connectivity index (χ0v) is 12.5. The van der Waals surface area contributed by atoms with E-state index in [1.54, 1.807) is 23.7 Å². The molecule has 5 heteroatoms. The molecule has 0 aliphatic carbocycles. The summed E-state index contributed by atoms with van der Waals surface area (Å²) in [6.07, 6.45) is 5.09. The second-order valence-electron chi connectivity index (χ2n) is 5.01. The third kappa shape index (κ3) is 2.22. The predicted octanol–water partition coefficient (Wildman–Crippen LogP) is 3.00. The summed E-state index contributed by atoms with van der Waals surface area (Å²) >= 11 is 1.79. The van der Waals surface area contributed by atoms with Gasteiger partial charge in [0.1, 0.15) is 5.69 Å². The minimum atomic E-state index is -0.0128. The molecule has 3 heterocycles. The number of carbonyl (C=O) groups is 1. The Kier molecular flexibility index (Phi) is 3.53. The Morgan fingerprint density at radius 3 is 3.00 bits per heavy atom. The first kappa shape index (κ1) is 13.2. The number of rotatable bonds is 2. The third-order valence-electron chi connectivity index (χ3n) is 3.74. The van der Waals surface area contributed by atoms with Crippen molar-refractivity contribution in [3.05, 3.63) is 45.7 Å². The summed E-state index contributed by atoms with van der Waals surface area (Å²) < 4.78 is 0. The number of nitrogens with zero attached hydrogens (tertiary/aromatic N) is 3. The van der Waals surface area contributed by atoms with Gasteiger partial charge in [-0.1, -0.05) is 6.92 Å². The lowest BCUT2D eigenvalue weighted by Crippen LogP contribution is -2.39. The molecule has 0 spiro atoms. The summed E-state index contributed by atoms with van der Waals surface area (Å²) in [6.45, 7) is 4.76. The van der Waals surface area contributed by atoms with Gasteiger partial charge >= 0.3 is 0 Å². The lowest BCUT2D eigenvalue weighted by atomic mass is 9.97. The highest BCUT2D eigenvalue weighted by atomic mass is 32.1. The number of amides is 1. The van der Waals surface area contributed by atoms with E-state index in [0.29, 0.717) is 5.69 Å². The van der Waals surface area contributed by atoms with Crippen LogP contribution in [0.3, 0.4) is 0 Å². The Hall–Kier alpha value is -1.75. The van der Waals surface area contributed by atoms with Crippen LogP contribution in [0.5, 0.6) is 0 Å². The summed E-state index contributed by atoms with van der Waals surface area (Å²) in [5, 5.41) is 2.12. The van der Waals surface area contributed by atoms with Crippen LogP contribution < -0.4 is 0 Å². The van der Waals surface area contributed by atoms with Crippen molar-refractivity contribution < 1.29 is 4.79 Å². The number of thiophene rings is 1. The van der Waals surface area contributed by atoms with Crippen LogP contribution in [0.25, 0.3) is 0 Å². The second-order valence-corrected chi connectivity index (χ2v) is 6.02. The van der Waals surface area contributed by atoms with Crippen molar-refractivity contribution in [1.82, 2.24) is 14.9 Å². The Morgan fingerprint density at radius 1 is 1.45 bits per heavy atom. The van der Waals surface area contributed by atoms with Crippen molar-refractivity contribution >= 4 is 17.2 Å². The van der Waals surface area contributed by atoms with Gasteiger partial charge in [-0.25, -0.2) is 4.98 Å². The van der Waals surface area contributed by atoms with Gasteiger partial charge in [0.15, 0.2) is 0 Å². The van der Waals surface area contributed by atoms with Gasteiger partial charge in [-0.15, -0.1) is 11.3 Å². The first-order chi connectivity index (χ1) is 9.70. The van der Waals surface area contributed by atoms with E-state index < -0.39 is 0 Å². The van der Waals surface area contributed by atoms with Gasteiger partial charge in [-0.2, -0.15) is 0 Å². The normalized spacial score (nSPS) is 17.9. The van der Waals surface area contributed by atoms with E-state index in [9.17, 15) is 4.79 Å². The molecule has 1 aliphatic heterocycles. The van der Waals surface area contributed by atoms with Gasteiger partial charge in [0, 0.05) is 17.6 Å². The highest BCUT2D eigenvalue weighted by Crippen LogP contribution is 2.35. The molecule has 0 N–H and O–H groups in total. The van der Waals surface area contributed by atoms with Gasteiger partial charge in [0.2, 0.25) is 0 Å². The highest BCUT2D eigenvalue weighted by Gasteiger charge is 2.31. The average molecular weight is 287 g/mol. The quantitative estimate of drug-likeness (QED) is 0.853. The Balaban J connectivity index is 1.90. The van der Waals surface area contributed by atoms with Crippen molar-refractivity contribution in [2.45, 2.75) is 32.7 Å². The van der Waals surface area contributed by atoms with Crippen molar-refractivity contribution in [3.63, 3.8) is 0 Å². The fraction of sp³-hybridized carbons (Fsp3) is 0.400. The molecule has 2 aromatic rings. The number of fused-ring (bicyclic) bond motifs is 1.